The highest BCUT2D eigenvalue weighted by Crippen LogP contribution is 2.25. The second kappa shape index (κ2) is 7.96. The first-order valence-corrected chi connectivity index (χ1v) is 9.00. The van der Waals surface area contributed by atoms with E-state index in [2.05, 4.69) is 0 Å². The minimum atomic E-state index is -0.813. The predicted molar refractivity (Wildman–Crippen MR) is 98.9 cm³/mol. The molecule has 2 N–H and O–H groups in total. The fourth-order valence-corrected chi connectivity index (χ4v) is 3.32. The Kier molecular flexibility index (Phi) is 5.67. The molecule has 3 rings (SSSR count). The first-order valence-electron chi connectivity index (χ1n) is 9.00. The number of piperidine rings is 1. The Morgan fingerprint density at radius 3 is 2.08 bits per heavy atom. The Bertz CT molecular complexity index is 738. The number of carbonyl (C=O) groups is 1. The van der Waals surface area contributed by atoms with Gasteiger partial charge in [-0.3, -0.25) is 4.79 Å². The number of rotatable bonds is 4. The summed E-state index contributed by atoms with van der Waals surface area (Å²) in [5, 5.41) is 0. The minimum absolute atomic E-state index is 0.119. The predicted octanol–water partition coefficient (Wildman–Crippen LogP) is 3.88. The summed E-state index contributed by atoms with van der Waals surface area (Å²) in [7, 11) is 0. The van der Waals surface area contributed by atoms with E-state index in [1.165, 1.54) is 12.1 Å². The maximum Gasteiger partial charge on any atom is 0.240 e. The van der Waals surface area contributed by atoms with Crippen molar-refractivity contribution < 1.29 is 13.6 Å². The number of alkyl halides is 1. The molecular formula is C21H24F2N2O. The van der Waals surface area contributed by atoms with Crippen molar-refractivity contribution in [1.29, 1.82) is 0 Å². The average molecular weight is 358 g/mol. The van der Waals surface area contributed by atoms with E-state index in [0.29, 0.717) is 25.9 Å². The Morgan fingerprint density at radius 2 is 1.54 bits per heavy atom. The second-order valence-corrected chi connectivity index (χ2v) is 6.94. The fourth-order valence-electron chi connectivity index (χ4n) is 3.32. The Balaban J connectivity index is 1.68. The number of amides is 1. The van der Waals surface area contributed by atoms with Gasteiger partial charge in [0.25, 0.3) is 0 Å². The molecule has 0 bridgehead atoms. The molecule has 1 fully saturated rings. The zero-order valence-corrected chi connectivity index (χ0v) is 14.9. The summed E-state index contributed by atoms with van der Waals surface area (Å²) in [4.78, 5) is 14.3. The normalized spacial score (nSPS) is 17.8. The number of carbonyl (C=O) groups excluding carboxylic acids is 1. The summed E-state index contributed by atoms with van der Waals surface area (Å²) in [6, 6.07) is 13.5. The molecule has 1 amide bonds. The molecule has 138 valence electrons. The van der Waals surface area contributed by atoms with E-state index in [9.17, 15) is 13.6 Å². The van der Waals surface area contributed by atoms with Crippen molar-refractivity contribution in [2.45, 2.75) is 37.9 Å². The average Bonchev–Trinajstić information content (AvgIpc) is 2.67. The van der Waals surface area contributed by atoms with Crippen molar-refractivity contribution >= 4 is 5.91 Å². The van der Waals surface area contributed by atoms with Crippen LogP contribution in [0.5, 0.6) is 0 Å². The van der Waals surface area contributed by atoms with Crippen LogP contribution >= 0.6 is 0 Å². The van der Waals surface area contributed by atoms with E-state index >= 15 is 0 Å². The molecule has 0 radical (unpaired) electrons. The van der Waals surface area contributed by atoms with Crippen molar-refractivity contribution in [1.82, 2.24) is 4.90 Å². The molecule has 0 saturated carbocycles. The summed E-state index contributed by atoms with van der Waals surface area (Å²) >= 11 is 0. The van der Waals surface area contributed by atoms with Crippen LogP contribution in [0.4, 0.5) is 8.78 Å². The van der Waals surface area contributed by atoms with Gasteiger partial charge in [-0.1, -0.05) is 43.3 Å². The zero-order valence-electron chi connectivity index (χ0n) is 14.9. The van der Waals surface area contributed by atoms with Gasteiger partial charge in [0.05, 0.1) is 6.04 Å². The number of nitrogens with two attached hydrogens (primary N) is 1. The van der Waals surface area contributed by atoms with Gasteiger partial charge >= 0.3 is 0 Å². The summed E-state index contributed by atoms with van der Waals surface area (Å²) < 4.78 is 26.3. The number of halogens is 2. The third-order valence-electron chi connectivity index (χ3n) is 5.17. The third-order valence-corrected chi connectivity index (χ3v) is 5.17. The van der Waals surface area contributed by atoms with Crippen LogP contribution in [0.25, 0.3) is 11.1 Å². The molecule has 5 heteroatoms. The summed E-state index contributed by atoms with van der Waals surface area (Å²) in [5.41, 5.74) is 9.08. The molecule has 2 aromatic rings. The SMILES string of the molecule is C[C@@H](c1ccc(-c2ccc(F)cc2)cc1)[C@H](N)C(=O)N1CCC(F)CC1. The first kappa shape index (κ1) is 18.5. The largest absolute Gasteiger partial charge is 0.341 e. The topological polar surface area (TPSA) is 46.3 Å². The van der Waals surface area contributed by atoms with Crippen molar-refractivity contribution in [2.24, 2.45) is 5.73 Å². The van der Waals surface area contributed by atoms with E-state index in [-0.39, 0.29) is 17.6 Å². The van der Waals surface area contributed by atoms with Crippen LogP contribution in [0, 0.1) is 5.82 Å². The lowest BCUT2D eigenvalue weighted by atomic mass is 9.91. The molecule has 1 heterocycles. The van der Waals surface area contributed by atoms with Crippen LogP contribution in [0.2, 0.25) is 0 Å². The molecule has 26 heavy (non-hydrogen) atoms. The standard InChI is InChI=1S/C21H24F2N2O/c1-14(20(24)21(26)25-12-10-19(23)11-13-25)15-2-4-16(5-3-15)17-6-8-18(22)9-7-17/h2-9,14,19-20H,10-13,24H2,1H3/t14-,20-/m0/s1. The van der Waals surface area contributed by atoms with Crippen molar-refractivity contribution in [3.63, 3.8) is 0 Å². The highest BCUT2D eigenvalue weighted by atomic mass is 19.1. The quantitative estimate of drug-likeness (QED) is 0.901. The number of benzene rings is 2. The van der Waals surface area contributed by atoms with Gasteiger partial charge in [-0.25, -0.2) is 8.78 Å². The van der Waals surface area contributed by atoms with Gasteiger partial charge < -0.3 is 10.6 Å². The molecule has 1 aliphatic rings. The van der Waals surface area contributed by atoms with Gasteiger partial charge in [0.2, 0.25) is 5.91 Å². The van der Waals surface area contributed by atoms with Gasteiger partial charge in [-0.05, 0) is 41.7 Å². The molecule has 1 saturated heterocycles. The third kappa shape index (κ3) is 4.10. The van der Waals surface area contributed by atoms with Crippen molar-refractivity contribution in [3.05, 3.63) is 59.9 Å². The molecule has 0 aromatic heterocycles. The number of hydrogen-bond acceptors (Lipinski definition) is 2. The summed E-state index contributed by atoms with van der Waals surface area (Å²) in [5.74, 6) is -0.528. The molecular weight excluding hydrogens is 334 g/mol. The second-order valence-electron chi connectivity index (χ2n) is 6.94. The molecule has 2 aromatic carbocycles. The zero-order chi connectivity index (χ0) is 18.7. The van der Waals surface area contributed by atoms with Crippen molar-refractivity contribution in [3.8, 4) is 11.1 Å². The lowest BCUT2D eigenvalue weighted by Crippen LogP contribution is -2.49. The Labute approximate surface area is 152 Å². The van der Waals surface area contributed by atoms with Crippen molar-refractivity contribution in [2.75, 3.05) is 13.1 Å². The van der Waals surface area contributed by atoms with Crippen LogP contribution in [0.15, 0.2) is 48.5 Å². The van der Waals surface area contributed by atoms with Crippen LogP contribution in [-0.4, -0.2) is 36.1 Å². The lowest BCUT2D eigenvalue weighted by molar-refractivity contribution is -0.134. The van der Waals surface area contributed by atoms with E-state index in [0.717, 1.165) is 16.7 Å². The molecule has 0 spiro atoms. The summed E-state index contributed by atoms with van der Waals surface area (Å²) in [6.45, 7) is 2.80. The Morgan fingerprint density at radius 1 is 1.04 bits per heavy atom. The van der Waals surface area contributed by atoms with Gasteiger partial charge in [0.1, 0.15) is 12.0 Å². The maximum absolute atomic E-state index is 13.3. The van der Waals surface area contributed by atoms with Gasteiger partial charge in [-0.2, -0.15) is 0 Å². The number of likely N-dealkylation sites (tertiary alicyclic amines) is 1. The molecule has 1 aliphatic heterocycles. The molecule has 0 aliphatic carbocycles. The Hall–Kier alpha value is -2.27. The highest BCUT2D eigenvalue weighted by Gasteiger charge is 2.29. The van der Waals surface area contributed by atoms with Crippen LogP contribution in [-0.2, 0) is 4.79 Å². The molecule has 2 atom stereocenters. The van der Waals surface area contributed by atoms with E-state index in [1.54, 1.807) is 17.0 Å². The van der Waals surface area contributed by atoms with Crippen LogP contribution in [0.1, 0.15) is 31.2 Å². The van der Waals surface area contributed by atoms with Crippen LogP contribution in [0.3, 0.4) is 0 Å². The smallest absolute Gasteiger partial charge is 0.240 e. The van der Waals surface area contributed by atoms with E-state index in [4.69, 9.17) is 5.73 Å². The summed E-state index contributed by atoms with van der Waals surface area (Å²) in [6.07, 6.45) is -0.0370. The van der Waals surface area contributed by atoms with E-state index in [1.807, 2.05) is 31.2 Å². The minimum Gasteiger partial charge on any atom is -0.341 e. The van der Waals surface area contributed by atoms with Gasteiger partial charge in [0, 0.05) is 19.0 Å². The molecule has 0 unspecified atom stereocenters. The number of nitrogens with zero attached hydrogens (tertiary/aromatic N) is 1. The monoisotopic (exact) mass is 358 g/mol. The van der Waals surface area contributed by atoms with Gasteiger partial charge in [0.15, 0.2) is 0 Å². The van der Waals surface area contributed by atoms with E-state index < -0.39 is 12.2 Å². The lowest BCUT2D eigenvalue weighted by Gasteiger charge is -2.32. The van der Waals surface area contributed by atoms with Gasteiger partial charge in [-0.15, -0.1) is 0 Å². The number of hydrogen-bond donors (Lipinski definition) is 1. The fraction of sp³-hybridized carbons (Fsp3) is 0.381. The first-order chi connectivity index (χ1) is 12.5. The van der Waals surface area contributed by atoms with Crippen LogP contribution < -0.4 is 5.73 Å². The highest BCUT2D eigenvalue weighted by molar-refractivity contribution is 5.83. The maximum atomic E-state index is 13.3. The molecule has 3 nitrogen and oxygen atoms in total.